The Hall–Kier alpha value is -1.61. The van der Waals surface area contributed by atoms with Gasteiger partial charge in [0.1, 0.15) is 0 Å². The Morgan fingerprint density at radius 2 is 1.91 bits per heavy atom. The van der Waals surface area contributed by atoms with Crippen molar-refractivity contribution in [1.82, 2.24) is 0 Å². The maximum Gasteiger partial charge on any atom is 0.0732 e. The van der Waals surface area contributed by atoms with Crippen LogP contribution in [0.25, 0.3) is 11.1 Å². The van der Waals surface area contributed by atoms with Crippen LogP contribution in [0.15, 0.2) is 42.5 Å². The Bertz CT molecular complexity index is 694. The minimum atomic E-state index is 0.910. The molecule has 2 aromatic rings. The molecule has 2 aromatic carbocycles. The van der Waals surface area contributed by atoms with Gasteiger partial charge >= 0.3 is 0 Å². The van der Waals surface area contributed by atoms with E-state index in [0.717, 1.165) is 12.3 Å². The second kappa shape index (κ2) is 5.54. The minimum absolute atomic E-state index is 0.910. The van der Waals surface area contributed by atoms with Gasteiger partial charge in [-0.2, -0.15) is 0 Å². The van der Waals surface area contributed by atoms with Crippen molar-refractivity contribution in [3.63, 3.8) is 0 Å². The summed E-state index contributed by atoms with van der Waals surface area (Å²) in [5.74, 6) is 0.910. The molecule has 2 aliphatic rings. The van der Waals surface area contributed by atoms with E-state index in [9.17, 15) is 0 Å². The summed E-state index contributed by atoms with van der Waals surface area (Å²) in [5, 5.41) is 0. The molecule has 22 heavy (non-hydrogen) atoms. The molecule has 114 valence electrons. The van der Waals surface area contributed by atoms with E-state index in [1.807, 2.05) is 12.1 Å². The molecule has 0 unspecified atom stereocenters. The van der Waals surface area contributed by atoms with Gasteiger partial charge in [-0.3, -0.25) is 8.61 Å². The topological polar surface area (TPSA) is 6.48 Å². The van der Waals surface area contributed by atoms with E-state index in [1.165, 1.54) is 47.5 Å². The number of fused-ring (bicyclic) bond motifs is 1. The smallest absolute Gasteiger partial charge is 0.0732 e. The Kier molecular flexibility index (Phi) is 3.53. The summed E-state index contributed by atoms with van der Waals surface area (Å²) in [6, 6.07) is 15.7. The first kappa shape index (κ1) is 14.0. The van der Waals surface area contributed by atoms with Gasteiger partial charge in [0.15, 0.2) is 0 Å². The monoisotopic (exact) mass is 310 g/mol. The number of nitrogens with zero attached hydrogens (tertiary/aromatic N) is 2. The van der Waals surface area contributed by atoms with Crippen molar-refractivity contribution in [2.24, 2.45) is 5.92 Å². The molecule has 0 aromatic heterocycles. The third-order valence-corrected chi connectivity index (χ3v) is 5.62. The highest BCUT2D eigenvalue weighted by atomic mass is 32.2. The zero-order valence-corrected chi connectivity index (χ0v) is 14.1. The maximum atomic E-state index is 2.46. The molecule has 2 nitrogen and oxygen atoms in total. The van der Waals surface area contributed by atoms with Crippen LogP contribution in [0.1, 0.15) is 25.3 Å². The highest BCUT2D eigenvalue weighted by molar-refractivity contribution is 8.02. The van der Waals surface area contributed by atoms with Gasteiger partial charge in [-0.15, -0.1) is 0 Å². The van der Waals surface area contributed by atoms with Gasteiger partial charge in [0.2, 0.25) is 0 Å². The zero-order chi connectivity index (χ0) is 15.1. The van der Waals surface area contributed by atoms with Gasteiger partial charge in [0.05, 0.1) is 23.5 Å². The lowest BCUT2D eigenvalue weighted by Gasteiger charge is -2.16. The third kappa shape index (κ3) is 2.48. The van der Waals surface area contributed by atoms with E-state index in [0.29, 0.717) is 0 Å². The van der Waals surface area contributed by atoms with Crippen LogP contribution in [0.3, 0.4) is 0 Å². The van der Waals surface area contributed by atoms with E-state index >= 15 is 0 Å². The van der Waals surface area contributed by atoms with Crippen LogP contribution < -0.4 is 8.61 Å². The number of benzene rings is 2. The molecule has 1 aliphatic carbocycles. The van der Waals surface area contributed by atoms with E-state index in [4.69, 9.17) is 0 Å². The van der Waals surface area contributed by atoms with Gasteiger partial charge in [-0.05, 0) is 54.0 Å². The first-order valence-electron chi connectivity index (χ1n) is 8.18. The van der Waals surface area contributed by atoms with Crippen molar-refractivity contribution in [2.75, 3.05) is 22.2 Å². The standard InChI is InChI=1S/C19H22N2S/c1-3-15-6-4-5-7-17(15)16-10-11-18-19(12-16)20(2)22-21(18)13-14-8-9-14/h4-7,10-12,14H,3,8-9,13H2,1-2H3. The van der Waals surface area contributed by atoms with Crippen LogP contribution in [-0.2, 0) is 6.42 Å². The summed E-state index contributed by atoms with van der Waals surface area (Å²) < 4.78 is 4.76. The van der Waals surface area contributed by atoms with Crippen molar-refractivity contribution in [3.8, 4) is 11.1 Å². The average Bonchev–Trinajstić information content (AvgIpc) is 3.32. The van der Waals surface area contributed by atoms with E-state index in [1.54, 1.807) is 0 Å². The van der Waals surface area contributed by atoms with Crippen molar-refractivity contribution in [3.05, 3.63) is 48.0 Å². The molecule has 0 saturated heterocycles. The predicted molar refractivity (Wildman–Crippen MR) is 97.3 cm³/mol. The molecule has 4 rings (SSSR count). The van der Waals surface area contributed by atoms with Crippen LogP contribution in [0.4, 0.5) is 11.4 Å². The number of aryl methyl sites for hydroxylation is 1. The predicted octanol–water partition coefficient (Wildman–Crippen LogP) is 5.15. The molecule has 0 amide bonds. The fourth-order valence-corrected chi connectivity index (χ4v) is 4.22. The quantitative estimate of drug-likeness (QED) is 0.721. The molecule has 0 atom stereocenters. The SMILES string of the molecule is CCc1ccccc1-c1ccc2c(c1)N(C)SN2CC1CC1. The highest BCUT2D eigenvalue weighted by Gasteiger charge is 2.31. The number of anilines is 2. The molecule has 1 saturated carbocycles. The maximum absolute atomic E-state index is 2.46. The molecular weight excluding hydrogens is 288 g/mol. The zero-order valence-electron chi connectivity index (χ0n) is 13.2. The van der Waals surface area contributed by atoms with Crippen LogP contribution in [0, 0.1) is 5.92 Å². The molecule has 0 N–H and O–H groups in total. The van der Waals surface area contributed by atoms with Gasteiger partial charge in [-0.1, -0.05) is 37.3 Å². The molecule has 0 spiro atoms. The van der Waals surface area contributed by atoms with Crippen molar-refractivity contribution in [1.29, 1.82) is 0 Å². The molecule has 1 heterocycles. The lowest BCUT2D eigenvalue weighted by molar-refractivity contribution is 0.852. The van der Waals surface area contributed by atoms with Gasteiger partial charge < -0.3 is 0 Å². The molecule has 0 radical (unpaired) electrons. The van der Waals surface area contributed by atoms with E-state index in [-0.39, 0.29) is 0 Å². The van der Waals surface area contributed by atoms with Crippen LogP contribution >= 0.6 is 12.1 Å². The van der Waals surface area contributed by atoms with Gasteiger partial charge in [0.25, 0.3) is 0 Å². The minimum Gasteiger partial charge on any atom is -0.300 e. The first-order chi connectivity index (χ1) is 10.8. The Morgan fingerprint density at radius 3 is 2.68 bits per heavy atom. The summed E-state index contributed by atoms with van der Waals surface area (Å²) in [7, 11) is 2.17. The summed E-state index contributed by atoms with van der Waals surface area (Å²) in [6.45, 7) is 3.42. The number of rotatable bonds is 4. The van der Waals surface area contributed by atoms with E-state index in [2.05, 4.69) is 65.0 Å². The lowest BCUT2D eigenvalue weighted by Crippen LogP contribution is -2.16. The van der Waals surface area contributed by atoms with Crippen molar-refractivity contribution >= 4 is 23.5 Å². The van der Waals surface area contributed by atoms with Crippen LogP contribution in [0.2, 0.25) is 0 Å². The average molecular weight is 310 g/mol. The van der Waals surface area contributed by atoms with Crippen molar-refractivity contribution < 1.29 is 0 Å². The summed E-state index contributed by atoms with van der Waals surface area (Å²) >= 11 is 1.84. The second-order valence-corrected chi connectivity index (χ2v) is 7.45. The Morgan fingerprint density at radius 1 is 1.09 bits per heavy atom. The molecule has 0 bridgehead atoms. The first-order valence-corrected chi connectivity index (χ1v) is 8.91. The second-order valence-electron chi connectivity index (χ2n) is 6.30. The molecule has 3 heteroatoms. The van der Waals surface area contributed by atoms with Crippen molar-refractivity contribution in [2.45, 2.75) is 26.2 Å². The summed E-state index contributed by atoms with van der Waals surface area (Å²) in [4.78, 5) is 0. The van der Waals surface area contributed by atoms with Gasteiger partial charge in [-0.25, -0.2) is 0 Å². The van der Waals surface area contributed by atoms with E-state index < -0.39 is 0 Å². The molecule has 1 fully saturated rings. The largest absolute Gasteiger partial charge is 0.300 e. The lowest BCUT2D eigenvalue weighted by atomic mass is 9.97. The van der Waals surface area contributed by atoms with Crippen LogP contribution in [-0.4, -0.2) is 13.6 Å². The third-order valence-electron chi connectivity index (χ3n) is 4.63. The number of hydrogen-bond donors (Lipinski definition) is 0. The van der Waals surface area contributed by atoms with Gasteiger partial charge in [0, 0.05) is 13.6 Å². The highest BCUT2D eigenvalue weighted by Crippen LogP contribution is 2.47. The molecular formula is C19H22N2S. The summed E-state index contributed by atoms with van der Waals surface area (Å²) in [5.41, 5.74) is 6.83. The Balaban J connectivity index is 1.70. The fraction of sp³-hybridized carbons (Fsp3) is 0.368. The summed E-state index contributed by atoms with van der Waals surface area (Å²) in [6.07, 6.45) is 3.88. The fourth-order valence-electron chi connectivity index (χ4n) is 3.17. The van der Waals surface area contributed by atoms with Crippen LogP contribution in [0.5, 0.6) is 0 Å². The molecule has 1 aliphatic heterocycles. The normalized spacial score (nSPS) is 17.0. The number of hydrogen-bond acceptors (Lipinski definition) is 3. The Labute approximate surface area is 137 Å².